The van der Waals surface area contributed by atoms with Gasteiger partial charge in [0.05, 0.1) is 6.10 Å². The molecule has 2 rings (SSSR count). The first-order chi connectivity index (χ1) is 8.37. The standard InChI is InChI=1S/C14H19F2NO/c1-14(2)5-3-10(4-6-14)18-13-11(15)7-9(17)8-12(13)16/h7-8,10H,3-6,17H2,1-2H3. The van der Waals surface area contributed by atoms with Crippen LogP contribution in [0, 0.1) is 17.0 Å². The monoisotopic (exact) mass is 255 g/mol. The molecule has 0 saturated heterocycles. The average molecular weight is 255 g/mol. The summed E-state index contributed by atoms with van der Waals surface area (Å²) in [6, 6.07) is 2.18. The highest BCUT2D eigenvalue weighted by molar-refractivity contribution is 5.44. The molecular formula is C14H19F2NO. The Bertz CT molecular complexity index is 412. The van der Waals surface area contributed by atoms with Crippen molar-refractivity contribution in [3.8, 4) is 5.75 Å². The molecule has 2 nitrogen and oxygen atoms in total. The smallest absolute Gasteiger partial charge is 0.191 e. The highest BCUT2D eigenvalue weighted by atomic mass is 19.1. The maximum absolute atomic E-state index is 13.6. The van der Waals surface area contributed by atoms with E-state index in [-0.39, 0.29) is 17.5 Å². The molecule has 0 radical (unpaired) electrons. The van der Waals surface area contributed by atoms with E-state index < -0.39 is 11.6 Å². The van der Waals surface area contributed by atoms with Gasteiger partial charge in [-0.25, -0.2) is 8.78 Å². The van der Waals surface area contributed by atoms with Crippen LogP contribution in [-0.4, -0.2) is 6.10 Å². The van der Waals surface area contributed by atoms with Crippen molar-refractivity contribution < 1.29 is 13.5 Å². The number of nitrogens with two attached hydrogens (primary N) is 1. The minimum absolute atomic E-state index is 0.0714. The largest absolute Gasteiger partial charge is 0.484 e. The number of hydrogen-bond donors (Lipinski definition) is 1. The van der Waals surface area contributed by atoms with Gasteiger partial charge in [-0.2, -0.15) is 0 Å². The molecule has 100 valence electrons. The van der Waals surface area contributed by atoms with Gasteiger partial charge in [0.25, 0.3) is 0 Å². The summed E-state index contributed by atoms with van der Waals surface area (Å²) in [5.74, 6) is -1.75. The molecule has 1 aromatic rings. The van der Waals surface area contributed by atoms with Crippen molar-refractivity contribution in [2.45, 2.75) is 45.6 Å². The van der Waals surface area contributed by atoms with Crippen molar-refractivity contribution in [3.63, 3.8) is 0 Å². The lowest BCUT2D eigenvalue weighted by atomic mass is 9.76. The summed E-state index contributed by atoms with van der Waals surface area (Å²) in [5, 5.41) is 0. The average Bonchev–Trinajstić information content (AvgIpc) is 2.25. The van der Waals surface area contributed by atoms with Crippen LogP contribution in [0.25, 0.3) is 0 Å². The third-order valence-corrected chi connectivity index (χ3v) is 3.59. The maximum atomic E-state index is 13.6. The van der Waals surface area contributed by atoms with Gasteiger partial charge in [0.2, 0.25) is 0 Å². The SMILES string of the molecule is CC1(C)CCC(Oc2c(F)cc(N)cc2F)CC1. The molecule has 1 aliphatic rings. The first kappa shape index (κ1) is 13.1. The second-order valence-corrected chi connectivity index (χ2v) is 5.80. The molecule has 1 fully saturated rings. The molecule has 0 aromatic heterocycles. The first-order valence-electron chi connectivity index (χ1n) is 6.28. The van der Waals surface area contributed by atoms with Crippen molar-refractivity contribution in [2.24, 2.45) is 5.41 Å². The second kappa shape index (κ2) is 4.75. The van der Waals surface area contributed by atoms with Crippen LogP contribution in [0.2, 0.25) is 0 Å². The molecular weight excluding hydrogens is 236 g/mol. The number of ether oxygens (including phenoxy) is 1. The summed E-state index contributed by atoms with van der Waals surface area (Å²) < 4.78 is 32.6. The van der Waals surface area contributed by atoms with Crippen LogP contribution < -0.4 is 10.5 Å². The van der Waals surface area contributed by atoms with E-state index in [1.807, 2.05) is 0 Å². The third kappa shape index (κ3) is 2.92. The van der Waals surface area contributed by atoms with Gasteiger partial charge in [0.1, 0.15) is 0 Å². The summed E-state index contributed by atoms with van der Waals surface area (Å²) in [6.45, 7) is 4.40. The van der Waals surface area contributed by atoms with Crippen LogP contribution in [0.4, 0.5) is 14.5 Å². The van der Waals surface area contributed by atoms with Crippen LogP contribution in [0.3, 0.4) is 0 Å². The fraction of sp³-hybridized carbons (Fsp3) is 0.571. The van der Waals surface area contributed by atoms with E-state index in [4.69, 9.17) is 10.5 Å². The predicted octanol–water partition coefficient (Wildman–Crippen LogP) is 3.89. The van der Waals surface area contributed by atoms with Gasteiger partial charge in [0, 0.05) is 17.8 Å². The van der Waals surface area contributed by atoms with Crippen molar-refractivity contribution in [1.82, 2.24) is 0 Å². The van der Waals surface area contributed by atoms with Crippen LogP contribution in [-0.2, 0) is 0 Å². The van der Waals surface area contributed by atoms with E-state index in [2.05, 4.69) is 13.8 Å². The minimum atomic E-state index is -0.725. The molecule has 0 bridgehead atoms. The molecule has 18 heavy (non-hydrogen) atoms. The van der Waals surface area contributed by atoms with Gasteiger partial charge in [-0.15, -0.1) is 0 Å². The van der Waals surface area contributed by atoms with Gasteiger partial charge < -0.3 is 10.5 Å². The summed E-state index contributed by atoms with van der Waals surface area (Å²) in [4.78, 5) is 0. The zero-order chi connectivity index (χ0) is 13.3. The first-order valence-corrected chi connectivity index (χ1v) is 6.28. The van der Waals surface area contributed by atoms with Crippen LogP contribution in [0.15, 0.2) is 12.1 Å². The van der Waals surface area contributed by atoms with E-state index in [1.165, 1.54) is 0 Å². The summed E-state index contributed by atoms with van der Waals surface area (Å²) >= 11 is 0. The van der Waals surface area contributed by atoms with Gasteiger partial charge in [0.15, 0.2) is 17.4 Å². The Morgan fingerprint density at radius 3 is 2.17 bits per heavy atom. The van der Waals surface area contributed by atoms with E-state index in [9.17, 15) is 8.78 Å². The van der Waals surface area contributed by atoms with Gasteiger partial charge in [-0.1, -0.05) is 13.8 Å². The fourth-order valence-electron chi connectivity index (χ4n) is 2.35. The Kier molecular flexibility index (Phi) is 3.46. The lowest BCUT2D eigenvalue weighted by Gasteiger charge is -2.34. The molecule has 0 amide bonds. The Morgan fingerprint density at radius 2 is 1.67 bits per heavy atom. The molecule has 0 atom stereocenters. The second-order valence-electron chi connectivity index (χ2n) is 5.80. The number of rotatable bonds is 2. The van der Waals surface area contributed by atoms with Crippen molar-refractivity contribution in [3.05, 3.63) is 23.8 Å². The van der Waals surface area contributed by atoms with E-state index >= 15 is 0 Å². The van der Waals surface area contributed by atoms with Crippen LogP contribution >= 0.6 is 0 Å². The Labute approximate surface area is 106 Å². The van der Waals surface area contributed by atoms with Gasteiger partial charge >= 0.3 is 0 Å². The predicted molar refractivity (Wildman–Crippen MR) is 67.4 cm³/mol. The molecule has 1 saturated carbocycles. The van der Waals surface area contributed by atoms with Crippen molar-refractivity contribution in [2.75, 3.05) is 5.73 Å². The highest BCUT2D eigenvalue weighted by Crippen LogP contribution is 2.37. The Balaban J connectivity index is 2.07. The molecule has 0 heterocycles. The maximum Gasteiger partial charge on any atom is 0.191 e. The van der Waals surface area contributed by atoms with Crippen LogP contribution in [0.1, 0.15) is 39.5 Å². The summed E-state index contributed by atoms with van der Waals surface area (Å²) in [6.07, 6.45) is 3.57. The number of halogens is 2. The molecule has 1 aliphatic carbocycles. The van der Waals surface area contributed by atoms with Gasteiger partial charge in [-0.05, 0) is 31.1 Å². The number of anilines is 1. The molecule has 0 unspecified atom stereocenters. The fourth-order valence-corrected chi connectivity index (χ4v) is 2.35. The molecule has 1 aromatic carbocycles. The Morgan fingerprint density at radius 1 is 1.17 bits per heavy atom. The molecule has 0 aliphatic heterocycles. The van der Waals surface area contributed by atoms with E-state index in [1.54, 1.807) is 0 Å². The third-order valence-electron chi connectivity index (χ3n) is 3.59. The summed E-state index contributed by atoms with van der Waals surface area (Å²) in [5.41, 5.74) is 5.74. The lowest BCUT2D eigenvalue weighted by molar-refractivity contribution is 0.0915. The van der Waals surface area contributed by atoms with Crippen molar-refractivity contribution >= 4 is 5.69 Å². The quantitative estimate of drug-likeness (QED) is 0.813. The van der Waals surface area contributed by atoms with Crippen molar-refractivity contribution in [1.29, 1.82) is 0 Å². The summed E-state index contributed by atoms with van der Waals surface area (Å²) in [7, 11) is 0. The Hall–Kier alpha value is -1.32. The number of nitrogen functional groups attached to an aromatic ring is 1. The van der Waals surface area contributed by atoms with Gasteiger partial charge in [-0.3, -0.25) is 0 Å². The molecule has 0 spiro atoms. The lowest BCUT2D eigenvalue weighted by Crippen LogP contribution is -2.28. The normalized spacial score (nSPS) is 19.8. The zero-order valence-corrected chi connectivity index (χ0v) is 10.8. The molecule has 4 heteroatoms. The highest BCUT2D eigenvalue weighted by Gasteiger charge is 2.29. The van der Waals surface area contributed by atoms with E-state index in [0.717, 1.165) is 37.8 Å². The topological polar surface area (TPSA) is 35.2 Å². The van der Waals surface area contributed by atoms with Crippen LogP contribution in [0.5, 0.6) is 5.75 Å². The van der Waals surface area contributed by atoms with E-state index in [0.29, 0.717) is 5.41 Å². The zero-order valence-electron chi connectivity index (χ0n) is 10.8. The minimum Gasteiger partial charge on any atom is -0.484 e. The number of benzene rings is 1. The molecule has 2 N–H and O–H groups in total. The number of hydrogen-bond acceptors (Lipinski definition) is 2.